The fourth-order valence-electron chi connectivity index (χ4n) is 8.27. The van der Waals surface area contributed by atoms with E-state index in [1.165, 1.54) is 16.2 Å². The van der Waals surface area contributed by atoms with Crippen LogP contribution in [-0.4, -0.2) is 47.6 Å². The number of furan rings is 1. The minimum absolute atomic E-state index is 0.142. The maximum atomic E-state index is 14.0. The highest BCUT2D eigenvalue weighted by molar-refractivity contribution is 7.09. The Morgan fingerprint density at radius 1 is 0.936 bits per heavy atom. The van der Waals surface area contributed by atoms with E-state index in [0.29, 0.717) is 17.9 Å². The van der Waals surface area contributed by atoms with Gasteiger partial charge in [0.25, 0.3) is 8.32 Å². The Morgan fingerprint density at radius 3 is 2.19 bits per heavy atom. The number of fused-ring (bicyclic) bond motifs is 3. The first-order valence-corrected chi connectivity index (χ1v) is 19.1. The van der Waals surface area contributed by atoms with Crippen LogP contribution in [-0.2, 0) is 31.9 Å². The van der Waals surface area contributed by atoms with Crippen LogP contribution in [0.1, 0.15) is 56.1 Å². The molecule has 4 heterocycles. The highest BCUT2D eigenvalue weighted by Gasteiger charge is 2.67. The lowest BCUT2D eigenvalue weighted by Crippen LogP contribution is -2.67. The second-order valence-electron chi connectivity index (χ2n) is 14.0. The number of nitrogens with zero attached hydrogens (tertiary/aromatic N) is 1. The van der Waals surface area contributed by atoms with Crippen LogP contribution in [0, 0.1) is 23.7 Å². The van der Waals surface area contributed by atoms with Gasteiger partial charge in [-0.05, 0) is 51.8 Å². The number of carbonyl (C=O) groups excluding carboxylic acids is 2. The van der Waals surface area contributed by atoms with Crippen molar-refractivity contribution in [3.63, 3.8) is 0 Å². The SMILES string of the molecule is CC(C)(C)[Si](OC[C@H]1C[C@@H]2C(=O)N(Cc3cccs3)C(=O)[C@@H]2[C@@H]2C[C@@H](c3ccc(CO)o3)O[C@]12O)(c1ccccc1)c1ccccc1. The molecular formula is C37H41NO7SSi. The van der Waals surface area contributed by atoms with Gasteiger partial charge in [-0.15, -0.1) is 11.3 Å². The number of hydrogen-bond donors (Lipinski definition) is 2. The van der Waals surface area contributed by atoms with Gasteiger partial charge in [-0.2, -0.15) is 0 Å². The molecule has 4 aromatic rings. The predicted molar refractivity (Wildman–Crippen MR) is 180 cm³/mol. The average molecular weight is 672 g/mol. The van der Waals surface area contributed by atoms with E-state index in [4.69, 9.17) is 13.6 Å². The van der Waals surface area contributed by atoms with Crippen molar-refractivity contribution < 1.29 is 33.4 Å². The second kappa shape index (κ2) is 12.3. The van der Waals surface area contributed by atoms with Gasteiger partial charge in [0.05, 0.1) is 18.4 Å². The minimum Gasteiger partial charge on any atom is -0.461 e. The number of imide groups is 1. The Morgan fingerprint density at radius 2 is 1.62 bits per heavy atom. The van der Waals surface area contributed by atoms with Crippen LogP contribution < -0.4 is 10.4 Å². The number of hydrogen-bond acceptors (Lipinski definition) is 8. The van der Waals surface area contributed by atoms with Gasteiger partial charge < -0.3 is 23.8 Å². The lowest BCUT2D eigenvalue weighted by molar-refractivity contribution is -0.274. The standard InChI is InChI=1S/C37H41NO7SSi/c1-36(2,3)47(27-12-6-4-7-13-27,28-14-8-5-9-15-28)43-23-24-19-29-33(35(41)38(34(29)40)21-26-11-10-18-46-26)30-20-32(45-37(24,30)42)31-17-16-25(22-39)44-31/h4-18,24,29-30,32-33,39,42H,19-23H2,1-3H3/t24-,29+,30+,32+,33+,37-/m1/s1. The first kappa shape index (κ1) is 32.2. The predicted octanol–water partition coefficient (Wildman–Crippen LogP) is 5.00. The maximum absolute atomic E-state index is 14.0. The zero-order valence-electron chi connectivity index (χ0n) is 26.9. The minimum atomic E-state index is -2.99. The third-order valence-corrected chi connectivity index (χ3v) is 16.3. The molecule has 0 spiro atoms. The number of rotatable bonds is 9. The second-order valence-corrected chi connectivity index (χ2v) is 19.4. The third kappa shape index (κ3) is 5.35. The van der Waals surface area contributed by atoms with Crippen LogP contribution in [0.2, 0.25) is 5.04 Å². The first-order valence-electron chi connectivity index (χ1n) is 16.3. The maximum Gasteiger partial charge on any atom is 0.261 e. The van der Waals surface area contributed by atoms with Crippen molar-refractivity contribution in [3.8, 4) is 0 Å². The molecule has 0 unspecified atom stereocenters. The first-order chi connectivity index (χ1) is 22.6. The van der Waals surface area contributed by atoms with Gasteiger partial charge in [0.15, 0.2) is 5.79 Å². The molecule has 8 nitrogen and oxygen atoms in total. The molecule has 1 saturated carbocycles. The number of carbonyl (C=O) groups is 2. The van der Waals surface area contributed by atoms with Crippen LogP contribution in [0.15, 0.2) is 94.7 Å². The summed E-state index contributed by atoms with van der Waals surface area (Å²) in [5, 5.41) is 26.1. The molecule has 2 aromatic heterocycles. The van der Waals surface area contributed by atoms with Crippen LogP contribution in [0.3, 0.4) is 0 Å². The van der Waals surface area contributed by atoms with E-state index in [-0.39, 0.29) is 43.0 Å². The summed E-state index contributed by atoms with van der Waals surface area (Å²) in [5.74, 6) is -3.87. The van der Waals surface area contributed by atoms with Gasteiger partial charge in [-0.25, -0.2) is 0 Å². The Kier molecular flexibility index (Phi) is 8.39. The molecular weight excluding hydrogens is 631 g/mol. The summed E-state index contributed by atoms with van der Waals surface area (Å²) in [6.07, 6.45) is -0.0835. The molecule has 2 aromatic carbocycles. The Balaban J connectivity index is 1.28. The van der Waals surface area contributed by atoms with Gasteiger partial charge in [-0.3, -0.25) is 14.5 Å². The number of ether oxygens (including phenoxy) is 1. The molecule has 6 atom stereocenters. The number of likely N-dealkylation sites (tertiary alicyclic amines) is 1. The molecule has 2 N–H and O–H groups in total. The monoisotopic (exact) mass is 671 g/mol. The van der Waals surface area contributed by atoms with Gasteiger partial charge in [0.1, 0.15) is 24.2 Å². The van der Waals surface area contributed by atoms with Gasteiger partial charge in [0.2, 0.25) is 11.8 Å². The summed E-state index contributed by atoms with van der Waals surface area (Å²) >= 11 is 1.51. The Hall–Kier alpha value is -3.38. The molecule has 3 aliphatic rings. The number of benzene rings is 2. The topological polar surface area (TPSA) is 109 Å². The fraction of sp³-hybridized carbons (Fsp3) is 0.405. The normalized spacial score (nSPS) is 27.7. The van der Waals surface area contributed by atoms with Gasteiger partial charge in [0, 0.05) is 23.3 Å². The molecule has 0 radical (unpaired) electrons. The molecule has 0 bridgehead atoms. The summed E-state index contributed by atoms with van der Waals surface area (Å²) in [4.78, 5) is 30.4. The molecule has 246 valence electrons. The van der Waals surface area contributed by atoms with Gasteiger partial charge in [-0.1, -0.05) is 87.5 Å². The number of amides is 2. The zero-order chi connectivity index (χ0) is 33.0. The van der Waals surface area contributed by atoms with E-state index >= 15 is 0 Å². The van der Waals surface area contributed by atoms with E-state index < -0.39 is 43.9 Å². The molecule has 2 aliphatic heterocycles. The van der Waals surface area contributed by atoms with E-state index in [2.05, 4.69) is 45.0 Å². The van der Waals surface area contributed by atoms with Crippen LogP contribution in [0.4, 0.5) is 0 Å². The summed E-state index contributed by atoms with van der Waals surface area (Å²) in [6.45, 7) is 6.71. The quantitative estimate of drug-likeness (QED) is 0.191. The highest BCUT2D eigenvalue weighted by Crippen LogP contribution is 2.58. The lowest BCUT2D eigenvalue weighted by Gasteiger charge is -2.48. The van der Waals surface area contributed by atoms with Crippen molar-refractivity contribution in [2.24, 2.45) is 23.7 Å². The summed E-state index contributed by atoms with van der Waals surface area (Å²) in [6, 6.07) is 27.9. The molecule has 3 fully saturated rings. The fourth-order valence-corrected chi connectivity index (χ4v) is 13.6. The number of thiophene rings is 1. The zero-order valence-corrected chi connectivity index (χ0v) is 28.7. The molecule has 1 aliphatic carbocycles. The van der Waals surface area contributed by atoms with Crippen LogP contribution in [0.25, 0.3) is 0 Å². The smallest absolute Gasteiger partial charge is 0.261 e. The number of aliphatic hydroxyl groups is 2. The van der Waals surface area contributed by atoms with Crippen molar-refractivity contribution >= 4 is 41.8 Å². The van der Waals surface area contributed by atoms with E-state index in [1.54, 1.807) is 12.1 Å². The summed E-state index contributed by atoms with van der Waals surface area (Å²) < 4.78 is 19.7. The molecule has 7 rings (SSSR count). The van der Waals surface area contributed by atoms with Crippen LogP contribution >= 0.6 is 11.3 Å². The van der Waals surface area contributed by atoms with E-state index in [9.17, 15) is 19.8 Å². The molecule has 10 heteroatoms. The summed E-state index contributed by atoms with van der Waals surface area (Å²) in [5.41, 5.74) is 0. The van der Waals surface area contributed by atoms with Crippen molar-refractivity contribution in [1.29, 1.82) is 0 Å². The third-order valence-electron chi connectivity index (χ3n) is 10.4. The lowest BCUT2D eigenvalue weighted by atomic mass is 9.64. The highest BCUT2D eigenvalue weighted by atomic mass is 32.1. The van der Waals surface area contributed by atoms with Crippen LogP contribution in [0.5, 0.6) is 0 Å². The van der Waals surface area contributed by atoms with E-state index in [0.717, 1.165) is 15.3 Å². The van der Waals surface area contributed by atoms with Crippen molar-refractivity contribution in [1.82, 2.24) is 4.90 Å². The number of aliphatic hydroxyl groups excluding tert-OH is 1. The summed E-state index contributed by atoms with van der Waals surface area (Å²) in [7, 11) is -2.99. The Labute approximate surface area is 280 Å². The average Bonchev–Trinajstić information content (AvgIpc) is 3.86. The van der Waals surface area contributed by atoms with Gasteiger partial charge >= 0.3 is 0 Å². The Bertz CT molecular complexity index is 1680. The largest absolute Gasteiger partial charge is 0.461 e. The van der Waals surface area contributed by atoms with Crippen molar-refractivity contribution in [2.75, 3.05) is 6.61 Å². The molecule has 2 amide bonds. The molecule has 47 heavy (non-hydrogen) atoms. The van der Waals surface area contributed by atoms with Crippen molar-refractivity contribution in [3.05, 3.63) is 107 Å². The van der Waals surface area contributed by atoms with Crippen molar-refractivity contribution in [2.45, 2.75) is 63.7 Å². The molecule has 2 saturated heterocycles. The van der Waals surface area contributed by atoms with E-state index in [1.807, 2.05) is 53.9 Å².